The van der Waals surface area contributed by atoms with Gasteiger partial charge in [-0.05, 0) is 48.9 Å². The molecular weight excluding hydrogens is 244 g/mol. The summed E-state index contributed by atoms with van der Waals surface area (Å²) < 4.78 is 0. The van der Waals surface area contributed by atoms with Gasteiger partial charge in [-0.2, -0.15) is 0 Å². The third kappa shape index (κ3) is 3.62. The van der Waals surface area contributed by atoms with E-state index in [0.29, 0.717) is 17.9 Å². The monoisotopic (exact) mass is 274 g/mol. The number of nitrogens with two attached hydrogens (primary N) is 1. The lowest BCUT2D eigenvalue weighted by atomic mass is 9.99. The molecule has 2 atom stereocenters. The molecule has 0 saturated heterocycles. The van der Waals surface area contributed by atoms with E-state index in [0.717, 1.165) is 19.6 Å². The predicted molar refractivity (Wildman–Crippen MR) is 86.8 cm³/mol. The molecule has 2 heteroatoms. The van der Waals surface area contributed by atoms with E-state index in [9.17, 15) is 0 Å². The third-order valence-electron chi connectivity index (χ3n) is 4.83. The van der Waals surface area contributed by atoms with Gasteiger partial charge in [-0.3, -0.25) is 4.90 Å². The summed E-state index contributed by atoms with van der Waals surface area (Å²) in [6.45, 7) is 9.79. The van der Waals surface area contributed by atoms with Crippen molar-refractivity contribution in [3.8, 4) is 0 Å². The Morgan fingerprint density at radius 3 is 2.45 bits per heavy atom. The van der Waals surface area contributed by atoms with Crippen LogP contribution in [-0.2, 0) is 6.54 Å². The summed E-state index contributed by atoms with van der Waals surface area (Å²) in [7, 11) is 0. The van der Waals surface area contributed by atoms with Crippen molar-refractivity contribution in [3.05, 3.63) is 35.4 Å². The molecule has 0 radical (unpaired) electrons. The van der Waals surface area contributed by atoms with Gasteiger partial charge in [0.05, 0.1) is 0 Å². The first kappa shape index (κ1) is 15.5. The van der Waals surface area contributed by atoms with Crippen molar-refractivity contribution in [1.82, 2.24) is 4.90 Å². The summed E-state index contributed by atoms with van der Waals surface area (Å²) in [5.74, 6) is 1.31. The second-order valence-corrected chi connectivity index (χ2v) is 6.45. The molecular formula is C18H30N2. The Morgan fingerprint density at radius 2 is 1.90 bits per heavy atom. The Kier molecular flexibility index (Phi) is 5.62. The molecule has 0 aliphatic heterocycles. The molecule has 112 valence electrons. The van der Waals surface area contributed by atoms with Gasteiger partial charge >= 0.3 is 0 Å². The normalized spacial score (nSPS) is 22.9. The van der Waals surface area contributed by atoms with Gasteiger partial charge < -0.3 is 5.73 Å². The Balaban J connectivity index is 2.02. The van der Waals surface area contributed by atoms with Gasteiger partial charge in [-0.15, -0.1) is 0 Å². The minimum absolute atomic E-state index is 0.614. The van der Waals surface area contributed by atoms with E-state index in [1.165, 1.54) is 30.4 Å². The summed E-state index contributed by atoms with van der Waals surface area (Å²) in [4.78, 5) is 2.62. The smallest absolute Gasteiger partial charge is 0.0236 e. The van der Waals surface area contributed by atoms with Gasteiger partial charge in [0.1, 0.15) is 0 Å². The lowest BCUT2D eigenvalue weighted by Gasteiger charge is -2.32. The molecule has 1 aliphatic carbocycles. The first-order chi connectivity index (χ1) is 9.65. The second-order valence-electron chi connectivity index (χ2n) is 6.45. The zero-order valence-electron chi connectivity index (χ0n) is 13.3. The quantitative estimate of drug-likeness (QED) is 0.856. The lowest BCUT2D eigenvalue weighted by Crippen LogP contribution is -2.39. The van der Waals surface area contributed by atoms with Crippen molar-refractivity contribution < 1.29 is 0 Å². The van der Waals surface area contributed by atoms with Gasteiger partial charge in [0.15, 0.2) is 0 Å². The molecule has 0 aromatic heterocycles. The van der Waals surface area contributed by atoms with Crippen LogP contribution in [0, 0.1) is 5.92 Å². The molecule has 1 aromatic carbocycles. The zero-order chi connectivity index (χ0) is 14.5. The van der Waals surface area contributed by atoms with Crippen LogP contribution >= 0.6 is 0 Å². The SMILES string of the molecule is CCN(Cc1ccc(C(C)C)cc1)C1CCCC1CN. The molecule has 20 heavy (non-hydrogen) atoms. The summed E-state index contributed by atoms with van der Waals surface area (Å²) in [6, 6.07) is 9.84. The van der Waals surface area contributed by atoms with Crippen molar-refractivity contribution in [1.29, 1.82) is 0 Å². The van der Waals surface area contributed by atoms with Gasteiger partial charge in [0.25, 0.3) is 0 Å². The third-order valence-corrected chi connectivity index (χ3v) is 4.83. The van der Waals surface area contributed by atoms with E-state index < -0.39 is 0 Å². The highest BCUT2D eigenvalue weighted by atomic mass is 15.2. The average molecular weight is 274 g/mol. The summed E-state index contributed by atoms with van der Waals surface area (Å²) in [6.07, 6.45) is 3.97. The molecule has 0 bridgehead atoms. The Labute approximate surface area is 124 Å². The highest BCUT2D eigenvalue weighted by molar-refractivity contribution is 5.24. The zero-order valence-corrected chi connectivity index (χ0v) is 13.3. The Hall–Kier alpha value is -0.860. The first-order valence-electron chi connectivity index (χ1n) is 8.18. The lowest BCUT2D eigenvalue weighted by molar-refractivity contribution is 0.162. The molecule has 0 spiro atoms. The van der Waals surface area contributed by atoms with Gasteiger partial charge in [0, 0.05) is 12.6 Å². The van der Waals surface area contributed by atoms with Gasteiger partial charge in [-0.25, -0.2) is 0 Å². The van der Waals surface area contributed by atoms with Crippen LogP contribution in [-0.4, -0.2) is 24.0 Å². The van der Waals surface area contributed by atoms with Gasteiger partial charge in [-0.1, -0.05) is 51.5 Å². The number of rotatable bonds is 6. The molecule has 1 aliphatic rings. The maximum Gasteiger partial charge on any atom is 0.0236 e. The Bertz CT molecular complexity index is 396. The van der Waals surface area contributed by atoms with Crippen LogP contribution in [0.2, 0.25) is 0 Å². The van der Waals surface area contributed by atoms with Crippen molar-refractivity contribution in [2.75, 3.05) is 13.1 Å². The minimum Gasteiger partial charge on any atom is -0.330 e. The molecule has 2 N–H and O–H groups in total. The average Bonchev–Trinajstić information content (AvgIpc) is 2.93. The van der Waals surface area contributed by atoms with Crippen LogP contribution in [0.1, 0.15) is 57.1 Å². The largest absolute Gasteiger partial charge is 0.330 e. The molecule has 1 saturated carbocycles. The molecule has 2 nitrogen and oxygen atoms in total. The molecule has 1 fully saturated rings. The molecule has 0 amide bonds. The van der Waals surface area contributed by atoms with Crippen molar-refractivity contribution >= 4 is 0 Å². The van der Waals surface area contributed by atoms with Crippen LogP contribution in [0.25, 0.3) is 0 Å². The van der Waals surface area contributed by atoms with Crippen LogP contribution in [0.3, 0.4) is 0 Å². The van der Waals surface area contributed by atoms with Crippen LogP contribution in [0.15, 0.2) is 24.3 Å². The fourth-order valence-electron chi connectivity index (χ4n) is 3.48. The molecule has 1 aromatic rings. The fraction of sp³-hybridized carbons (Fsp3) is 0.667. The van der Waals surface area contributed by atoms with Crippen LogP contribution in [0.4, 0.5) is 0 Å². The fourth-order valence-corrected chi connectivity index (χ4v) is 3.48. The predicted octanol–water partition coefficient (Wildman–Crippen LogP) is 3.76. The number of benzene rings is 1. The second kappa shape index (κ2) is 7.24. The topological polar surface area (TPSA) is 29.3 Å². The highest BCUT2D eigenvalue weighted by Gasteiger charge is 2.30. The van der Waals surface area contributed by atoms with E-state index in [-0.39, 0.29) is 0 Å². The number of hydrogen-bond acceptors (Lipinski definition) is 2. The first-order valence-corrected chi connectivity index (χ1v) is 8.18. The Morgan fingerprint density at radius 1 is 1.20 bits per heavy atom. The summed E-state index contributed by atoms with van der Waals surface area (Å²) in [5, 5.41) is 0. The number of hydrogen-bond donors (Lipinski definition) is 1. The maximum absolute atomic E-state index is 5.94. The van der Waals surface area contributed by atoms with Crippen molar-refractivity contribution in [3.63, 3.8) is 0 Å². The van der Waals surface area contributed by atoms with E-state index in [2.05, 4.69) is 49.9 Å². The van der Waals surface area contributed by atoms with Gasteiger partial charge in [0.2, 0.25) is 0 Å². The molecule has 2 unspecified atom stereocenters. The molecule has 0 heterocycles. The highest BCUT2D eigenvalue weighted by Crippen LogP contribution is 2.30. The standard InChI is InChI=1S/C18H30N2/c1-4-20(18-7-5-6-17(18)12-19)13-15-8-10-16(11-9-15)14(2)3/h8-11,14,17-18H,4-7,12-13,19H2,1-3H3. The van der Waals surface area contributed by atoms with Crippen molar-refractivity contribution in [2.45, 2.75) is 58.5 Å². The maximum atomic E-state index is 5.94. The van der Waals surface area contributed by atoms with E-state index in [1.54, 1.807) is 0 Å². The van der Waals surface area contributed by atoms with E-state index >= 15 is 0 Å². The summed E-state index contributed by atoms with van der Waals surface area (Å²) >= 11 is 0. The van der Waals surface area contributed by atoms with E-state index in [1.807, 2.05) is 0 Å². The molecule has 2 rings (SSSR count). The number of nitrogens with zero attached hydrogens (tertiary/aromatic N) is 1. The summed E-state index contributed by atoms with van der Waals surface area (Å²) in [5.41, 5.74) is 8.79. The van der Waals surface area contributed by atoms with E-state index in [4.69, 9.17) is 5.73 Å². The van der Waals surface area contributed by atoms with Crippen LogP contribution in [0.5, 0.6) is 0 Å². The van der Waals surface area contributed by atoms with Crippen LogP contribution < -0.4 is 5.73 Å². The van der Waals surface area contributed by atoms with Crippen molar-refractivity contribution in [2.24, 2.45) is 11.7 Å². The minimum atomic E-state index is 0.614.